The van der Waals surface area contributed by atoms with Crippen molar-refractivity contribution in [3.8, 4) is 11.3 Å². The van der Waals surface area contributed by atoms with E-state index in [4.69, 9.17) is 4.74 Å². The molecule has 0 N–H and O–H groups in total. The van der Waals surface area contributed by atoms with Gasteiger partial charge in [-0.2, -0.15) is 0 Å². The van der Waals surface area contributed by atoms with Crippen LogP contribution in [-0.4, -0.2) is 21.6 Å². The average molecular weight is 362 g/mol. The first-order chi connectivity index (χ1) is 12.9. The number of carbonyl (C=O) groups excluding carboxylic acids is 1. The Morgan fingerprint density at radius 1 is 1.07 bits per heavy atom. The topological polar surface area (TPSA) is 61.2 Å². The van der Waals surface area contributed by atoms with Gasteiger partial charge in [0.1, 0.15) is 5.82 Å². The molecule has 0 unspecified atom stereocenters. The van der Waals surface area contributed by atoms with E-state index < -0.39 is 0 Å². The van der Waals surface area contributed by atoms with Gasteiger partial charge in [0, 0.05) is 11.6 Å². The number of carbonyl (C=O) groups is 1. The van der Waals surface area contributed by atoms with Gasteiger partial charge in [-0.05, 0) is 38.5 Å². The van der Waals surface area contributed by atoms with Gasteiger partial charge in [-0.15, -0.1) is 0 Å². The number of rotatable bonds is 5. The molecule has 0 saturated carbocycles. The average Bonchev–Trinajstić information content (AvgIpc) is 2.65. The Kier molecular flexibility index (Phi) is 5.50. The zero-order chi connectivity index (χ0) is 19.4. The van der Waals surface area contributed by atoms with Gasteiger partial charge in [0.2, 0.25) is 0 Å². The molecular weight excluding hydrogens is 340 g/mol. The fourth-order valence-electron chi connectivity index (χ4n) is 2.78. The smallest absolute Gasteiger partial charge is 0.338 e. The molecule has 0 fully saturated rings. The molecule has 0 aliphatic heterocycles. The number of hydrogen-bond acceptors (Lipinski definition) is 4. The fourth-order valence-corrected chi connectivity index (χ4v) is 2.78. The van der Waals surface area contributed by atoms with Crippen LogP contribution in [0.2, 0.25) is 0 Å². The number of aryl methyl sites for hydroxylation is 1. The first kappa shape index (κ1) is 18.6. The highest BCUT2D eigenvalue weighted by atomic mass is 16.5. The van der Waals surface area contributed by atoms with Crippen molar-refractivity contribution >= 4 is 5.97 Å². The lowest BCUT2D eigenvalue weighted by molar-refractivity contribution is 0.0378. The summed E-state index contributed by atoms with van der Waals surface area (Å²) in [6, 6.07) is 18.3. The predicted octanol–water partition coefficient (Wildman–Crippen LogP) is 3.83. The third-order valence-corrected chi connectivity index (χ3v) is 4.14. The quantitative estimate of drug-likeness (QED) is 0.647. The third kappa shape index (κ3) is 4.50. The van der Waals surface area contributed by atoms with Gasteiger partial charge in [-0.3, -0.25) is 9.36 Å². The molecule has 0 saturated heterocycles. The highest BCUT2D eigenvalue weighted by molar-refractivity contribution is 5.89. The standard InChI is InChI=1S/C22H22N2O3/c1-15(2)27-22(26)19-11-9-17(10-12-19)14-24-16(3)23-20(13-21(24)25)18-7-5-4-6-8-18/h4-13,15H,14H2,1-3H3. The molecule has 3 aromatic rings. The summed E-state index contributed by atoms with van der Waals surface area (Å²) in [7, 11) is 0. The molecule has 0 radical (unpaired) electrons. The van der Waals surface area contributed by atoms with Crippen LogP contribution in [0, 0.1) is 6.92 Å². The van der Waals surface area contributed by atoms with E-state index in [-0.39, 0.29) is 17.6 Å². The van der Waals surface area contributed by atoms with Crippen LogP contribution in [0.4, 0.5) is 0 Å². The van der Waals surface area contributed by atoms with Crippen molar-refractivity contribution in [2.75, 3.05) is 0 Å². The van der Waals surface area contributed by atoms with E-state index in [1.165, 1.54) is 0 Å². The van der Waals surface area contributed by atoms with Crippen LogP contribution < -0.4 is 5.56 Å². The number of nitrogens with zero attached hydrogens (tertiary/aromatic N) is 2. The van der Waals surface area contributed by atoms with Gasteiger partial charge in [-0.1, -0.05) is 42.5 Å². The van der Waals surface area contributed by atoms with Gasteiger partial charge in [0.15, 0.2) is 0 Å². The maximum absolute atomic E-state index is 12.6. The van der Waals surface area contributed by atoms with Gasteiger partial charge in [0.25, 0.3) is 5.56 Å². The molecule has 5 nitrogen and oxygen atoms in total. The predicted molar refractivity (Wildman–Crippen MR) is 105 cm³/mol. The third-order valence-electron chi connectivity index (χ3n) is 4.14. The van der Waals surface area contributed by atoms with E-state index in [0.29, 0.717) is 23.6 Å². The van der Waals surface area contributed by atoms with Gasteiger partial charge >= 0.3 is 5.97 Å². The largest absolute Gasteiger partial charge is 0.459 e. The fraction of sp³-hybridized carbons (Fsp3) is 0.227. The van der Waals surface area contributed by atoms with Crippen LogP contribution in [0.25, 0.3) is 11.3 Å². The Hall–Kier alpha value is -3.21. The van der Waals surface area contributed by atoms with Crippen molar-refractivity contribution in [1.82, 2.24) is 9.55 Å². The van der Waals surface area contributed by atoms with Crippen LogP contribution in [0.1, 0.15) is 35.6 Å². The minimum atomic E-state index is -0.348. The minimum Gasteiger partial charge on any atom is -0.459 e. The van der Waals surface area contributed by atoms with Gasteiger partial charge < -0.3 is 4.74 Å². The maximum Gasteiger partial charge on any atom is 0.338 e. The zero-order valence-corrected chi connectivity index (χ0v) is 15.7. The first-order valence-electron chi connectivity index (χ1n) is 8.88. The molecular formula is C22H22N2O3. The Bertz CT molecular complexity index is 990. The monoisotopic (exact) mass is 362 g/mol. The second-order valence-corrected chi connectivity index (χ2v) is 6.63. The summed E-state index contributed by atoms with van der Waals surface area (Å²) >= 11 is 0. The second-order valence-electron chi connectivity index (χ2n) is 6.63. The summed E-state index contributed by atoms with van der Waals surface area (Å²) in [5.41, 5.74) is 2.88. The van der Waals surface area contributed by atoms with Crippen molar-refractivity contribution in [3.05, 3.63) is 88.0 Å². The van der Waals surface area contributed by atoms with E-state index in [1.54, 1.807) is 22.8 Å². The number of aromatic nitrogens is 2. The lowest BCUT2D eigenvalue weighted by Crippen LogP contribution is -2.24. The summed E-state index contributed by atoms with van der Waals surface area (Å²) in [4.78, 5) is 29.1. The van der Waals surface area contributed by atoms with Gasteiger partial charge in [0.05, 0.1) is 23.9 Å². The van der Waals surface area contributed by atoms with Crippen molar-refractivity contribution in [3.63, 3.8) is 0 Å². The lowest BCUT2D eigenvalue weighted by atomic mass is 10.1. The molecule has 0 aliphatic carbocycles. The van der Waals surface area contributed by atoms with Crippen LogP contribution in [-0.2, 0) is 11.3 Å². The molecule has 2 aromatic carbocycles. The first-order valence-corrected chi connectivity index (χ1v) is 8.88. The van der Waals surface area contributed by atoms with Crippen LogP contribution in [0.15, 0.2) is 65.5 Å². The second kappa shape index (κ2) is 7.99. The molecule has 0 spiro atoms. The zero-order valence-electron chi connectivity index (χ0n) is 15.7. The Balaban J connectivity index is 1.82. The number of esters is 1. The van der Waals surface area contributed by atoms with Gasteiger partial charge in [-0.25, -0.2) is 9.78 Å². The van der Waals surface area contributed by atoms with Crippen molar-refractivity contribution in [2.45, 2.75) is 33.4 Å². The summed E-state index contributed by atoms with van der Waals surface area (Å²) < 4.78 is 6.80. The van der Waals surface area contributed by atoms with E-state index in [0.717, 1.165) is 11.1 Å². The maximum atomic E-state index is 12.6. The molecule has 0 amide bonds. The SMILES string of the molecule is Cc1nc(-c2ccccc2)cc(=O)n1Cc1ccc(C(=O)OC(C)C)cc1. The molecule has 1 aromatic heterocycles. The van der Waals surface area contributed by atoms with Crippen molar-refractivity contribution < 1.29 is 9.53 Å². The highest BCUT2D eigenvalue weighted by Gasteiger charge is 2.10. The summed E-state index contributed by atoms with van der Waals surface area (Å²) in [6.45, 7) is 5.84. The van der Waals surface area contributed by atoms with Crippen molar-refractivity contribution in [2.24, 2.45) is 0 Å². The van der Waals surface area contributed by atoms with E-state index in [1.807, 2.05) is 63.2 Å². The van der Waals surface area contributed by atoms with Crippen LogP contribution >= 0.6 is 0 Å². The Morgan fingerprint density at radius 2 is 1.74 bits per heavy atom. The highest BCUT2D eigenvalue weighted by Crippen LogP contribution is 2.15. The van der Waals surface area contributed by atoms with Crippen LogP contribution in [0.3, 0.4) is 0 Å². The Morgan fingerprint density at radius 3 is 2.33 bits per heavy atom. The number of ether oxygens (including phenoxy) is 1. The van der Waals surface area contributed by atoms with E-state index in [2.05, 4.69) is 4.98 Å². The summed E-state index contributed by atoms with van der Waals surface area (Å²) in [6.07, 6.45) is -0.160. The Labute approximate surface area is 158 Å². The molecule has 1 heterocycles. The summed E-state index contributed by atoms with van der Waals surface area (Å²) in [5.74, 6) is 0.295. The molecule has 3 rings (SSSR count). The molecule has 5 heteroatoms. The molecule has 27 heavy (non-hydrogen) atoms. The van der Waals surface area contributed by atoms with Crippen LogP contribution in [0.5, 0.6) is 0 Å². The number of hydrogen-bond donors (Lipinski definition) is 0. The van der Waals surface area contributed by atoms with Crippen molar-refractivity contribution in [1.29, 1.82) is 0 Å². The lowest BCUT2D eigenvalue weighted by Gasteiger charge is -2.12. The summed E-state index contributed by atoms with van der Waals surface area (Å²) in [5, 5.41) is 0. The molecule has 0 bridgehead atoms. The van der Waals surface area contributed by atoms with E-state index >= 15 is 0 Å². The molecule has 0 aliphatic rings. The molecule has 0 atom stereocenters. The normalized spacial score (nSPS) is 10.8. The molecule has 138 valence electrons. The van der Waals surface area contributed by atoms with E-state index in [9.17, 15) is 9.59 Å². The number of benzene rings is 2. The minimum absolute atomic E-state index is 0.107.